The largest absolute Gasteiger partial charge is 0.0840 e. The SMILES string of the molecule is Cc1ccc(-c2ccc(-c3ccccc3)cc2)cc1Cl. The van der Waals surface area contributed by atoms with E-state index in [-0.39, 0.29) is 0 Å². The molecular weight excluding hydrogens is 264 g/mol. The van der Waals surface area contributed by atoms with Crippen LogP contribution in [0.5, 0.6) is 0 Å². The Bertz CT molecular complexity index is 713. The fourth-order valence-corrected chi connectivity index (χ4v) is 2.44. The lowest BCUT2D eigenvalue weighted by Gasteiger charge is -2.06. The Morgan fingerprint density at radius 3 is 1.70 bits per heavy atom. The van der Waals surface area contributed by atoms with Gasteiger partial charge in [-0.2, -0.15) is 0 Å². The van der Waals surface area contributed by atoms with E-state index < -0.39 is 0 Å². The van der Waals surface area contributed by atoms with Crippen LogP contribution in [0.1, 0.15) is 5.56 Å². The second-order valence-electron chi connectivity index (χ2n) is 4.91. The topological polar surface area (TPSA) is 0 Å². The summed E-state index contributed by atoms with van der Waals surface area (Å²) in [6.07, 6.45) is 0. The molecule has 3 aromatic carbocycles. The lowest BCUT2D eigenvalue weighted by molar-refractivity contribution is 1.47. The quantitative estimate of drug-likeness (QED) is 0.541. The highest BCUT2D eigenvalue weighted by Crippen LogP contribution is 2.27. The molecule has 0 saturated carbocycles. The average Bonchev–Trinajstić information content (AvgIpc) is 2.51. The van der Waals surface area contributed by atoms with Crippen molar-refractivity contribution >= 4 is 11.6 Å². The molecule has 3 aromatic rings. The highest BCUT2D eigenvalue weighted by Gasteiger charge is 2.02. The van der Waals surface area contributed by atoms with Gasteiger partial charge in [0.2, 0.25) is 0 Å². The number of hydrogen-bond acceptors (Lipinski definition) is 0. The van der Waals surface area contributed by atoms with E-state index in [2.05, 4.69) is 60.7 Å². The van der Waals surface area contributed by atoms with Crippen molar-refractivity contribution in [2.75, 3.05) is 0 Å². The van der Waals surface area contributed by atoms with E-state index in [1.54, 1.807) is 0 Å². The third-order valence-corrected chi connectivity index (χ3v) is 3.90. The Kier molecular flexibility index (Phi) is 3.58. The molecule has 98 valence electrons. The van der Waals surface area contributed by atoms with Gasteiger partial charge in [0.05, 0.1) is 0 Å². The second kappa shape index (κ2) is 5.52. The zero-order valence-corrected chi connectivity index (χ0v) is 12.1. The van der Waals surface area contributed by atoms with Crippen LogP contribution >= 0.6 is 11.6 Å². The molecule has 3 rings (SSSR count). The summed E-state index contributed by atoms with van der Waals surface area (Å²) in [6, 6.07) is 25.2. The second-order valence-corrected chi connectivity index (χ2v) is 5.31. The van der Waals surface area contributed by atoms with Gasteiger partial charge in [-0.05, 0) is 40.8 Å². The molecule has 0 amide bonds. The highest BCUT2D eigenvalue weighted by atomic mass is 35.5. The van der Waals surface area contributed by atoms with E-state index in [1.807, 2.05) is 19.1 Å². The first-order valence-corrected chi connectivity index (χ1v) is 7.04. The maximum Gasteiger partial charge on any atom is 0.0441 e. The summed E-state index contributed by atoms with van der Waals surface area (Å²) in [6.45, 7) is 2.02. The average molecular weight is 279 g/mol. The Morgan fingerprint density at radius 2 is 1.10 bits per heavy atom. The molecule has 0 fully saturated rings. The van der Waals surface area contributed by atoms with Crippen molar-refractivity contribution in [3.05, 3.63) is 83.4 Å². The summed E-state index contributed by atoms with van der Waals surface area (Å²) >= 11 is 6.19. The van der Waals surface area contributed by atoms with Gasteiger partial charge in [0.25, 0.3) is 0 Å². The maximum atomic E-state index is 6.19. The van der Waals surface area contributed by atoms with Gasteiger partial charge in [-0.25, -0.2) is 0 Å². The third kappa shape index (κ3) is 2.61. The first-order chi connectivity index (χ1) is 9.74. The van der Waals surface area contributed by atoms with Gasteiger partial charge in [0, 0.05) is 5.02 Å². The standard InChI is InChI=1S/C19H15Cl/c1-14-7-8-18(13-19(14)20)17-11-9-16(10-12-17)15-5-3-2-4-6-15/h2-13H,1H3. The molecule has 0 unspecified atom stereocenters. The minimum atomic E-state index is 0.814. The smallest absolute Gasteiger partial charge is 0.0441 e. The van der Waals surface area contributed by atoms with Gasteiger partial charge < -0.3 is 0 Å². The summed E-state index contributed by atoms with van der Waals surface area (Å²) < 4.78 is 0. The molecular formula is C19H15Cl. The van der Waals surface area contributed by atoms with E-state index in [1.165, 1.54) is 16.7 Å². The van der Waals surface area contributed by atoms with Gasteiger partial charge in [-0.1, -0.05) is 78.3 Å². The molecule has 0 aliphatic heterocycles. The first kappa shape index (κ1) is 13.0. The molecule has 0 N–H and O–H groups in total. The Hall–Kier alpha value is -2.05. The van der Waals surface area contributed by atoms with Crippen molar-refractivity contribution in [1.82, 2.24) is 0 Å². The van der Waals surface area contributed by atoms with E-state index in [9.17, 15) is 0 Å². The molecule has 1 heteroatoms. The molecule has 0 radical (unpaired) electrons. The first-order valence-electron chi connectivity index (χ1n) is 6.66. The molecule has 0 spiro atoms. The van der Waals surface area contributed by atoms with Crippen LogP contribution in [-0.2, 0) is 0 Å². The molecule has 0 aliphatic carbocycles. The number of benzene rings is 3. The van der Waals surface area contributed by atoms with E-state index in [0.29, 0.717) is 0 Å². The van der Waals surface area contributed by atoms with E-state index in [4.69, 9.17) is 11.6 Å². The van der Waals surface area contributed by atoms with Crippen LogP contribution in [0.4, 0.5) is 0 Å². The summed E-state index contributed by atoms with van der Waals surface area (Å²) in [5, 5.41) is 0.814. The highest BCUT2D eigenvalue weighted by molar-refractivity contribution is 6.31. The van der Waals surface area contributed by atoms with Gasteiger partial charge in [0.1, 0.15) is 0 Å². The molecule has 0 bridgehead atoms. The van der Waals surface area contributed by atoms with Crippen molar-refractivity contribution in [3.8, 4) is 22.3 Å². The lowest BCUT2D eigenvalue weighted by atomic mass is 10.00. The zero-order chi connectivity index (χ0) is 13.9. The number of hydrogen-bond donors (Lipinski definition) is 0. The summed E-state index contributed by atoms with van der Waals surface area (Å²) in [5.74, 6) is 0. The summed E-state index contributed by atoms with van der Waals surface area (Å²) in [4.78, 5) is 0. The number of rotatable bonds is 2. The number of halogens is 1. The monoisotopic (exact) mass is 278 g/mol. The Morgan fingerprint density at radius 1 is 0.600 bits per heavy atom. The van der Waals surface area contributed by atoms with Gasteiger partial charge in [-0.3, -0.25) is 0 Å². The van der Waals surface area contributed by atoms with E-state index in [0.717, 1.165) is 16.1 Å². The van der Waals surface area contributed by atoms with Crippen molar-refractivity contribution in [2.24, 2.45) is 0 Å². The normalized spacial score (nSPS) is 10.5. The van der Waals surface area contributed by atoms with Crippen LogP contribution in [0.3, 0.4) is 0 Å². The van der Waals surface area contributed by atoms with E-state index >= 15 is 0 Å². The predicted molar refractivity (Wildman–Crippen MR) is 87.1 cm³/mol. The van der Waals surface area contributed by atoms with Crippen LogP contribution in [0.25, 0.3) is 22.3 Å². The van der Waals surface area contributed by atoms with Crippen LogP contribution in [-0.4, -0.2) is 0 Å². The van der Waals surface area contributed by atoms with Crippen LogP contribution in [0.2, 0.25) is 5.02 Å². The lowest BCUT2D eigenvalue weighted by Crippen LogP contribution is -1.82. The molecule has 0 aromatic heterocycles. The Balaban J connectivity index is 1.95. The van der Waals surface area contributed by atoms with Crippen LogP contribution in [0, 0.1) is 6.92 Å². The van der Waals surface area contributed by atoms with Gasteiger partial charge in [-0.15, -0.1) is 0 Å². The Labute approximate surface area is 124 Å². The number of aryl methyl sites for hydroxylation is 1. The van der Waals surface area contributed by atoms with Crippen LogP contribution in [0.15, 0.2) is 72.8 Å². The van der Waals surface area contributed by atoms with Gasteiger partial charge in [0.15, 0.2) is 0 Å². The van der Waals surface area contributed by atoms with Gasteiger partial charge >= 0.3 is 0 Å². The summed E-state index contributed by atoms with van der Waals surface area (Å²) in [7, 11) is 0. The molecule has 20 heavy (non-hydrogen) atoms. The molecule has 0 heterocycles. The van der Waals surface area contributed by atoms with Crippen molar-refractivity contribution in [1.29, 1.82) is 0 Å². The predicted octanol–water partition coefficient (Wildman–Crippen LogP) is 5.98. The maximum absolute atomic E-state index is 6.19. The zero-order valence-electron chi connectivity index (χ0n) is 11.3. The molecule has 0 aliphatic rings. The minimum absolute atomic E-state index is 0.814. The van der Waals surface area contributed by atoms with Crippen molar-refractivity contribution in [3.63, 3.8) is 0 Å². The van der Waals surface area contributed by atoms with Crippen LogP contribution < -0.4 is 0 Å². The van der Waals surface area contributed by atoms with Crippen molar-refractivity contribution in [2.45, 2.75) is 6.92 Å². The molecule has 0 saturated heterocycles. The fourth-order valence-electron chi connectivity index (χ4n) is 2.26. The minimum Gasteiger partial charge on any atom is -0.0840 e. The van der Waals surface area contributed by atoms with Crippen molar-refractivity contribution < 1.29 is 0 Å². The fraction of sp³-hybridized carbons (Fsp3) is 0.0526. The molecule has 0 nitrogen and oxygen atoms in total. The molecule has 0 atom stereocenters. The summed E-state index contributed by atoms with van der Waals surface area (Å²) in [5.41, 5.74) is 5.91. The third-order valence-electron chi connectivity index (χ3n) is 3.50.